The van der Waals surface area contributed by atoms with E-state index in [4.69, 9.17) is 20.1 Å². The monoisotopic (exact) mass is 970 g/mol. The summed E-state index contributed by atoms with van der Waals surface area (Å²) in [5, 5.41) is 17.4. The molecule has 0 aliphatic carbocycles. The summed E-state index contributed by atoms with van der Waals surface area (Å²) >= 11 is 13.1. The summed E-state index contributed by atoms with van der Waals surface area (Å²) in [4.78, 5) is 25.1. The molecule has 6 aromatic rings. The number of halogens is 4. The zero-order valence-corrected chi connectivity index (χ0v) is 34.5. The molecular weight excluding hydrogens is 942 g/mol. The third-order valence-electron chi connectivity index (χ3n) is 5.90. The maximum Gasteiger partial charge on any atom is 0.383 e. The van der Waals surface area contributed by atoms with Crippen LogP contribution in [0.15, 0.2) is 97.8 Å². The molecule has 6 rings (SSSR count). The van der Waals surface area contributed by atoms with Crippen molar-refractivity contribution in [1.29, 1.82) is 0 Å². The summed E-state index contributed by atoms with van der Waals surface area (Å²) in [6.07, 6.45) is 18.0. The van der Waals surface area contributed by atoms with Crippen LogP contribution >= 0.6 is 63.7 Å². The van der Waals surface area contributed by atoms with Crippen molar-refractivity contribution >= 4 is 86.7 Å². The first-order valence-electron chi connectivity index (χ1n) is 14.1. The number of aromatic hydroxyl groups is 1. The smallest absolute Gasteiger partial charge is 0.383 e. The number of nitrogens with two attached hydrogens (primary N) is 1. The highest BCUT2D eigenvalue weighted by atomic mass is 79.9. The second-order valence-electron chi connectivity index (χ2n) is 9.29. The summed E-state index contributed by atoms with van der Waals surface area (Å²) in [6.45, 7) is 0. The zero-order chi connectivity index (χ0) is 38.8. The van der Waals surface area contributed by atoms with E-state index in [2.05, 4.69) is 94.8 Å². The largest absolute Gasteiger partial charge is 0.506 e. The predicted octanol–water partition coefficient (Wildman–Crippen LogP) is 5.80. The molecule has 0 unspecified atom stereocenters. The molecule has 3 N–H and O–H groups in total. The van der Waals surface area contributed by atoms with E-state index in [1.807, 2.05) is 12.1 Å². The summed E-state index contributed by atoms with van der Waals surface area (Å²) in [6, 6.07) is 8.85. The molecule has 0 saturated heterocycles. The Hall–Kier alpha value is -4.90. The lowest BCUT2D eigenvalue weighted by Gasteiger charge is -2.05. The number of carbonyl (C=O) groups excluding carboxylic acids is 2. The number of nitrogens with zero attached hydrogens (tertiary/aromatic N) is 6. The van der Waals surface area contributed by atoms with Crippen molar-refractivity contribution in [2.45, 2.75) is 0 Å². The summed E-state index contributed by atoms with van der Waals surface area (Å²) in [5.41, 5.74) is 1.69. The maximum absolute atomic E-state index is 11.5. The molecule has 0 aromatic carbocycles. The molecule has 0 saturated carbocycles. The van der Waals surface area contributed by atoms with Gasteiger partial charge in [0.2, 0.25) is 12.4 Å². The van der Waals surface area contributed by atoms with E-state index in [-0.39, 0.29) is 5.75 Å². The fourth-order valence-corrected chi connectivity index (χ4v) is 5.28. The molecule has 0 aliphatic heterocycles. The van der Waals surface area contributed by atoms with E-state index in [0.29, 0.717) is 22.3 Å². The van der Waals surface area contributed by atoms with Crippen molar-refractivity contribution in [1.82, 2.24) is 24.2 Å². The van der Waals surface area contributed by atoms with Crippen LogP contribution in [0.2, 0.25) is 0 Å². The molecule has 19 heteroatoms. The van der Waals surface area contributed by atoms with E-state index in [0.717, 1.165) is 29.4 Å². The fourth-order valence-electron chi connectivity index (χ4n) is 3.66. The number of hydrogen-bond acceptors (Lipinski definition) is 12. The van der Waals surface area contributed by atoms with Gasteiger partial charge in [-0.3, -0.25) is 4.98 Å². The van der Waals surface area contributed by atoms with Crippen LogP contribution < -0.4 is 24.7 Å². The highest BCUT2D eigenvalue weighted by Crippen LogP contribution is 2.27. The lowest BCUT2D eigenvalue weighted by Crippen LogP contribution is -2.43. The van der Waals surface area contributed by atoms with Crippen LogP contribution in [-0.4, -0.2) is 76.8 Å². The number of methoxy groups -OCH3 is 5. The minimum atomic E-state index is -0.630. The number of pyridine rings is 4. The van der Waals surface area contributed by atoms with Gasteiger partial charge in [0.25, 0.3) is 0 Å². The lowest BCUT2D eigenvalue weighted by molar-refractivity contribution is -0.639. The lowest BCUT2D eigenvalue weighted by atomic mass is 10.2. The molecule has 0 bridgehead atoms. The SMILES string of the molecule is C#CC(=O)OC.COC(=O)c1cnn2cc(Br)cc(OC)c12.COc1cc(Br)c[n+](N)c1.COc1cncc(Br)c1.Oc1cc(Br)cn2nccc12. The standard InChI is InChI=1S/C10H9BrN2O3.C7H5BrN2O.C6H8BrN2O.C6H6BrNO.C4H4O2/c1-15-8-3-6(11)5-13-9(8)7(4-12-13)10(14)16-2;8-5-3-7(11)6-1-2-9-10(6)4-5;1-10-6-2-5(7)3-9(8)4-6;1-9-6-2-5(7)3-8-4-6;1-3-4(5)6-2/h3-5H,1-2H3;1-4,11H;2-4H,8H2,1H3;2-4H,1H3;1H,2H3/q;;+1;;. The average Bonchev–Trinajstić information content (AvgIpc) is 3.79. The Bertz CT molecular complexity index is 2120. The Labute approximate surface area is 332 Å². The molecule has 0 spiro atoms. The van der Waals surface area contributed by atoms with Gasteiger partial charge >= 0.3 is 11.9 Å². The van der Waals surface area contributed by atoms with Crippen molar-refractivity contribution in [3.05, 3.63) is 103 Å². The summed E-state index contributed by atoms with van der Waals surface area (Å²) in [5.74, 6) is 8.43. The van der Waals surface area contributed by atoms with Gasteiger partial charge < -0.3 is 28.8 Å². The van der Waals surface area contributed by atoms with Gasteiger partial charge in [0.05, 0.1) is 58.6 Å². The Kier molecular flexibility index (Phi) is 18.4. The van der Waals surface area contributed by atoms with Crippen molar-refractivity contribution in [3.8, 4) is 35.3 Å². The van der Waals surface area contributed by atoms with Gasteiger partial charge in [0.1, 0.15) is 33.8 Å². The third-order valence-corrected chi connectivity index (χ3v) is 7.64. The minimum absolute atomic E-state index is 0.233. The van der Waals surface area contributed by atoms with E-state index in [1.165, 1.54) is 32.2 Å². The Morgan fingerprint density at radius 1 is 0.808 bits per heavy atom. The second-order valence-corrected chi connectivity index (χ2v) is 13.0. The zero-order valence-electron chi connectivity index (χ0n) is 28.2. The van der Waals surface area contributed by atoms with Crippen LogP contribution in [0.4, 0.5) is 0 Å². The van der Waals surface area contributed by atoms with Crippen molar-refractivity contribution in [3.63, 3.8) is 0 Å². The van der Waals surface area contributed by atoms with Crippen molar-refractivity contribution < 1.29 is 43.1 Å². The van der Waals surface area contributed by atoms with E-state index >= 15 is 0 Å². The van der Waals surface area contributed by atoms with Gasteiger partial charge in [0, 0.05) is 44.0 Å². The van der Waals surface area contributed by atoms with Crippen molar-refractivity contribution in [2.24, 2.45) is 0 Å². The highest BCUT2D eigenvalue weighted by molar-refractivity contribution is 9.11. The topological polar surface area (TPSA) is 178 Å². The Morgan fingerprint density at radius 2 is 1.46 bits per heavy atom. The highest BCUT2D eigenvalue weighted by Gasteiger charge is 2.17. The third kappa shape index (κ3) is 13.7. The van der Waals surface area contributed by atoms with Crippen LogP contribution in [0.3, 0.4) is 0 Å². The van der Waals surface area contributed by atoms with E-state index < -0.39 is 11.9 Å². The minimum Gasteiger partial charge on any atom is -0.506 e. The fraction of sp³-hybridized carbons (Fsp3) is 0.152. The van der Waals surface area contributed by atoms with E-state index in [9.17, 15) is 14.7 Å². The normalized spacial score (nSPS) is 9.54. The molecule has 0 atom stereocenters. The Morgan fingerprint density at radius 3 is 2.00 bits per heavy atom. The number of carbonyl (C=O) groups is 2. The second kappa shape index (κ2) is 22.1. The van der Waals surface area contributed by atoms with Gasteiger partial charge in [-0.2, -0.15) is 10.2 Å². The molecule has 0 fully saturated rings. The van der Waals surface area contributed by atoms with Crippen LogP contribution in [0, 0.1) is 12.3 Å². The number of ether oxygens (including phenoxy) is 5. The Balaban J connectivity index is 0.000000233. The van der Waals surface area contributed by atoms with Crippen molar-refractivity contribution in [2.75, 3.05) is 41.4 Å². The number of fused-ring (bicyclic) bond motifs is 2. The predicted molar refractivity (Wildman–Crippen MR) is 206 cm³/mol. The first-order chi connectivity index (χ1) is 24.8. The molecular formula is C33H32Br4N7O8+. The quantitative estimate of drug-likeness (QED) is 0.0715. The van der Waals surface area contributed by atoms with Crippen LogP contribution in [0.5, 0.6) is 23.0 Å². The molecule has 15 nitrogen and oxygen atoms in total. The van der Waals surface area contributed by atoms with Crippen LogP contribution in [0.1, 0.15) is 10.4 Å². The number of nitrogen functional groups attached to an aromatic ring is 1. The molecule has 52 heavy (non-hydrogen) atoms. The summed E-state index contributed by atoms with van der Waals surface area (Å²) < 4.78 is 31.8. The average molecular weight is 974 g/mol. The number of hydrogen-bond donors (Lipinski definition) is 2. The van der Waals surface area contributed by atoms with Gasteiger partial charge in [-0.1, -0.05) is 4.68 Å². The number of aromatic nitrogens is 6. The number of esters is 2. The molecule has 6 aromatic heterocycles. The molecule has 0 aliphatic rings. The van der Waals surface area contributed by atoms with Gasteiger partial charge in [-0.15, -0.1) is 6.42 Å². The number of rotatable bonds is 4. The van der Waals surface area contributed by atoms with Gasteiger partial charge in [0.15, 0.2) is 5.75 Å². The maximum atomic E-state index is 11.5. The van der Waals surface area contributed by atoms with Gasteiger partial charge in [-0.25, -0.2) is 24.5 Å². The summed E-state index contributed by atoms with van der Waals surface area (Å²) in [7, 11) is 7.32. The number of terminal acetylenes is 1. The molecule has 0 radical (unpaired) electrons. The van der Waals surface area contributed by atoms with Crippen LogP contribution in [0.25, 0.3) is 11.0 Å². The van der Waals surface area contributed by atoms with Gasteiger partial charge in [-0.05, 0) is 88.0 Å². The first-order valence-corrected chi connectivity index (χ1v) is 17.3. The van der Waals surface area contributed by atoms with E-state index in [1.54, 1.807) is 90.7 Å². The molecule has 6 heterocycles. The molecule has 0 amide bonds. The molecule has 274 valence electrons. The first kappa shape index (κ1) is 43.3. The van der Waals surface area contributed by atoms with Crippen LogP contribution in [-0.2, 0) is 14.3 Å².